The van der Waals surface area contributed by atoms with Crippen molar-refractivity contribution in [2.75, 3.05) is 6.54 Å². The molecule has 0 spiro atoms. The fourth-order valence-corrected chi connectivity index (χ4v) is 3.72. The van der Waals surface area contributed by atoms with Crippen LogP contribution < -0.4 is 10.6 Å². The number of carbonyl (C=O) groups is 3. The molecular formula is C18H22ClN3O3. The molecule has 2 fully saturated rings. The number of carbonyl (C=O) groups excluding carboxylic acids is 3. The van der Waals surface area contributed by atoms with Crippen LogP contribution in [-0.4, -0.2) is 47.3 Å². The smallest absolute Gasteiger partial charge is 0.253 e. The van der Waals surface area contributed by atoms with Crippen LogP contribution in [-0.2, 0) is 9.59 Å². The molecule has 0 aromatic heterocycles. The van der Waals surface area contributed by atoms with Crippen LogP contribution in [0.4, 0.5) is 0 Å². The van der Waals surface area contributed by atoms with Crippen molar-refractivity contribution in [3.05, 3.63) is 34.9 Å². The summed E-state index contributed by atoms with van der Waals surface area (Å²) in [6.45, 7) is 4.38. The molecule has 2 N–H and O–H groups in total. The Morgan fingerprint density at radius 3 is 2.76 bits per heavy atom. The van der Waals surface area contributed by atoms with E-state index in [1.807, 2.05) is 13.8 Å². The van der Waals surface area contributed by atoms with E-state index in [4.69, 9.17) is 11.6 Å². The second-order valence-corrected chi connectivity index (χ2v) is 7.49. The Balaban J connectivity index is 1.68. The predicted molar refractivity (Wildman–Crippen MR) is 94.2 cm³/mol. The molecule has 6 nitrogen and oxygen atoms in total. The van der Waals surface area contributed by atoms with E-state index >= 15 is 0 Å². The predicted octanol–water partition coefficient (Wildman–Crippen LogP) is 1.58. The zero-order valence-electron chi connectivity index (χ0n) is 14.3. The molecule has 3 rings (SSSR count). The zero-order valence-corrected chi connectivity index (χ0v) is 15.0. The first kappa shape index (κ1) is 17.7. The Hall–Kier alpha value is -2.08. The van der Waals surface area contributed by atoms with Gasteiger partial charge in [0.05, 0.1) is 10.6 Å². The van der Waals surface area contributed by atoms with Crippen molar-refractivity contribution in [2.45, 2.75) is 44.8 Å². The van der Waals surface area contributed by atoms with Crippen LogP contribution in [0.2, 0.25) is 5.02 Å². The van der Waals surface area contributed by atoms with Gasteiger partial charge in [-0.3, -0.25) is 14.4 Å². The number of hydrogen-bond acceptors (Lipinski definition) is 3. The van der Waals surface area contributed by atoms with Gasteiger partial charge >= 0.3 is 0 Å². The van der Waals surface area contributed by atoms with Crippen molar-refractivity contribution in [3.63, 3.8) is 0 Å². The summed E-state index contributed by atoms with van der Waals surface area (Å²) in [6, 6.07) is 5.56. The minimum atomic E-state index is -0.507. The summed E-state index contributed by atoms with van der Waals surface area (Å²) in [5.74, 6) is -0.182. The minimum absolute atomic E-state index is 0.0622. The monoisotopic (exact) mass is 363 g/mol. The summed E-state index contributed by atoms with van der Waals surface area (Å²) in [6.07, 6.45) is 1.03. The number of nitrogens with one attached hydrogen (secondary N) is 2. The summed E-state index contributed by atoms with van der Waals surface area (Å²) < 4.78 is 0. The third kappa shape index (κ3) is 3.63. The molecule has 7 heteroatoms. The van der Waals surface area contributed by atoms with Crippen molar-refractivity contribution < 1.29 is 14.4 Å². The average Bonchev–Trinajstić information content (AvgIpc) is 2.97. The lowest BCUT2D eigenvalue weighted by Crippen LogP contribution is -2.61. The van der Waals surface area contributed by atoms with Crippen molar-refractivity contribution in [1.82, 2.24) is 15.5 Å². The zero-order chi connectivity index (χ0) is 18.1. The number of amides is 3. The summed E-state index contributed by atoms with van der Waals surface area (Å²) in [4.78, 5) is 39.0. The highest BCUT2D eigenvalue weighted by atomic mass is 35.5. The minimum Gasteiger partial charge on any atom is -0.347 e. The molecule has 0 saturated carbocycles. The van der Waals surface area contributed by atoms with E-state index in [0.717, 1.165) is 0 Å². The third-order valence-electron chi connectivity index (χ3n) is 4.66. The van der Waals surface area contributed by atoms with Crippen LogP contribution in [0.1, 0.15) is 37.0 Å². The highest BCUT2D eigenvalue weighted by Crippen LogP contribution is 2.25. The Morgan fingerprint density at radius 2 is 2.08 bits per heavy atom. The molecule has 0 radical (unpaired) electrons. The van der Waals surface area contributed by atoms with Crippen LogP contribution in [0, 0.1) is 5.92 Å². The van der Waals surface area contributed by atoms with Crippen LogP contribution in [0.25, 0.3) is 0 Å². The number of piperazine rings is 1. The highest BCUT2D eigenvalue weighted by Gasteiger charge is 2.46. The molecule has 2 saturated heterocycles. The van der Waals surface area contributed by atoms with Gasteiger partial charge in [-0.05, 0) is 30.9 Å². The van der Waals surface area contributed by atoms with Crippen molar-refractivity contribution in [2.24, 2.45) is 5.92 Å². The first-order valence-electron chi connectivity index (χ1n) is 8.53. The molecule has 3 atom stereocenters. The van der Waals surface area contributed by atoms with E-state index in [9.17, 15) is 14.4 Å². The normalized spacial score (nSPS) is 25.8. The van der Waals surface area contributed by atoms with Crippen molar-refractivity contribution >= 4 is 29.3 Å². The molecule has 2 heterocycles. The first-order valence-corrected chi connectivity index (χ1v) is 8.91. The number of hydrogen-bond donors (Lipinski definition) is 2. The molecule has 25 heavy (non-hydrogen) atoms. The van der Waals surface area contributed by atoms with Crippen molar-refractivity contribution in [1.29, 1.82) is 0 Å². The average molecular weight is 364 g/mol. The molecule has 0 unspecified atom stereocenters. The maximum Gasteiger partial charge on any atom is 0.253 e. The molecule has 3 amide bonds. The molecule has 2 aliphatic rings. The summed E-state index contributed by atoms with van der Waals surface area (Å²) in [5, 5.41) is 6.09. The van der Waals surface area contributed by atoms with Gasteiger partial charge in [0.1, 0.15) is 12.1 Å². The van der Waals surface area contributed by atoms with Gasteiger partial charge in [-0.15, -0.1) is 0 Å². The Kier molecular flexibility index (Phi) is 4.99. The number of nitrogens with zero attached hydrogens (tertiary/aromatic N) is 1. The van der Waals surface area contributed by atoms with Crippen molar-refractivity contribution in [3.8, 4) is 0 Å². The van der Waals surface area contributed by atoms with Gasteiger partial charge in [0, 0.05) is 12.6 Å². The molecule has 2 aliphatic heterocycles. The van der Waals surface area contributed by atoms with E-state index in [1.54, 1.807) is 29.2 Å². The standard InChI is InChI=1S/C18H22ClN3O3/c1-10(2)7-14-18(25)22-9-11(8-15(22)17(24)21-14)20-16(23)12-5-3-4-6-13(12)19/h3-6,10-11,14-15H,7-9H2,1-2H3,(H,20,23)(H,21,24)/t11-,14+,15-/m0/s1. The second kappa shape index (κ2) is 7.04. The number of benzene rings is 1. The molecule has 1 aromatic carbocycles. The van der Waals surface area contributed by atoms with Crippen LogP contribution in [0.15, 0.2) is 24.3 Å². The highest BCUT2D eigenvalue weighted by molar-refractivity contribution is 6.33. The molecule has 134 valence electrons. The second-order valence-electron chi connectivity index (χ2n) is 7.08. The quantitative estimate of drug-likeness (QED) is 0.852. The number of halogens is 1. The van der Waals surface area contributed by atoms with E-state index in [0.29, 0.717) is 35.9 Å². The fraction of sp³-hybridized carbons (Fsp3) is 0.500. The Morgan fingerprint density at radius 1 is 1.36 bits per heavy atom. The molecule has 0 bridgehead atoms. The fourth-order valence-electron chi connectivity index (χ4n) is 3.50. The number of fused-ring (bicyclic) bond motifs is 1. The molecule has 1 aromatic rings. The molecule has 0 aliphatic carbocycles. The lowest BCUT2D eigenvalue weighted by atomic mass is 9.99. The maximum atomic E-state index is 12.6. The van der Waals surface area contributed by atoms with Gasteiger partial charge in [-0.1, -0.05) is 37.6 Å². The SMILES string of the molecule is CC(C)C[C@H]1NC(=O)[C@@H]2C[C@H](NC(=O)c3ccccc3Cl)CN2C1=O. The van der Waals surface area contributed by atoms with Crippen LogP contribution >= 0.6 is 11.6 Å². The van der Waals surface area contributed by atoms with E-state index in [-0.39, 0.29) is 23.8 Å². The first-order chi connectivity index (χ1) is 11.9. The summed E-state index contributed by atoms with van der Waals surface area (Å²) in [5.41, 5.74) is 0.391. The third-order valence-corrected chi connectivity index (χ3v) is 4.99. The lowest BCUT2D eigenvalue weighted by Gasteiger charge is -2.35. The van der Waals surface area contributed by atoms with Gasteiger partial charge in [-0.25, -0.2) is 0 Å². The lowest BCUT2D eigenvalue weighted by molar-refractivity contribution is -0.147. The maximum absolute atomic E-state index is 12.6. The van der Waals surface area contributed by atoms with Gasteiger partial charge in [0.2, 0.25) is 11.8 Å². The topological polar surface area (TPSA) is 78.5 Å². The number of rotatable bonds is 4. The van der Waals surface area contributed by atoms with Crippen LogP contribution in [0.5, 0.6) is 0 Å². The summed E-state index contributed by atoms with van der Waals surface area (Å²) >= 11 is 6.05. The summed E-state index contributed by atoms with van der Waals surface area (Å²) in [7, 11) is 0. The van der Waals surface area contributed by atoms with Crippen LogP contribution in [0.3, 0.4) is 0 Å². The Bertz CT molecular complexity index is 707. The van der Waals surface area contributed by atoms with Gasteiger partial charge in [0.25, 0.3) is 5.91 Å². The van der Waals surface area contributed by atoms with Gasteiger partial charge < -0.3 is 15.5 Å². The van der Waals surface area contributed by atoms with E-state index in [1.165, 1.54) is 0 Å². The van der Waals surface area contributed by atoms with Gasteiger partial charge in [0.15, 0.2) is 0 Å². The Labute approximate surface area is 151 Å². The molecular weight excluding hydrogens is 342 g/mol. The van der Waals surface area contributed by atoms with E-state index in [2.05, 4.69) is 10.6 Å². The van der Waals surface area contributed by atoms with Gasteiger partial charge in [-0.2, -0.15) is 0 Å². The largest absolute Gasteiger partial charge is 0.347 e. The van der Waals surface area contributed by atoms with E-state index < -0.39 is 12.1 Å².